The number of fused-ring (bicyclic) bond motifs is 1. The molecule has 120 valence electrons. The highest BCUT2D eigenvalue weighted by Crippen LogP contribution is 2.37. The summed E-state index contributed by atoms with van der Waals surface area (Å²) < 4.78 is 0. The monoisotopic (exact) mass is 300 g/mol. The molecule has 0 bridgehead atoms. The van der Waals surface area contributed by atoms with Gasteiger partial charge in [0, 0.05) is 19.0 Å². The maximum atomic E-state index is 12.9. The number of rotatable bonds is 5. The van der Waals surface area contributed by atoms with Crippen LogP contribution in [0.3, 0.4) is 0 Å². The minimum atomic E-state index is 0.225. The van der Waals surface area contributed by atoms with Crippen molar-refractivity contribution in [2.75, 3.05) is 6.54 Å². The van der Waals surface area contributed by atoms with Crippen LogP contribution in [0.2, 0.25) is 0 Å². The predicted molar refractivity (Wildman–Crippen MR) is 89.4 cm³/mol. The molecule has 0 spiro atoms. The lowest BCUT2D eigenvalue weighted by atomic mass is 9.98. The second-order valence-corrected chi connectivity index (χ2v) is 6.90. The molecule has 0 saturated heterocycles. The van der Waals surface area contributed by atoms with Crippen LogP contribution in [0, 0.1) is 5.92 Å². The number of amides is 1. The highest BCUT2D eigenvalue weighted by Gasteiger charge is 2.33. The van der Waals surface area contributed by atoms with Crippen molar-refractivity contribution in [2.45, 2.75) is 64.0 Å². The van der Waals surface area contributed by atoms with Crippen LogP contribution in [0.25, 0.3) is 0 Å². The van der Waals surface area contributed by atoms with Gasteiger partial charge in [-0.05, 0) is 49.1 Å². The summed E-state index contributed by atoms with van der Waals surface area (Å²) in [7, 11) is 0. The number of carbonyl (C=O) groups excluding carboxylic acids is 1. The van der Waals surface area contributed by atoms with E-state index in [4.69, 9.17) is 5.73 Å². The van der Waals surface area contributed by atoms with Crippen molar-refractivity contribution in [3.63, 3.8) is 0 Å². The molecule has 2 N–H and O–H groups in total. The number of nitrogens with two attached hydrogens (primary N) is 1. The summed E-state index contributed by atoms with van der Waals surface area (Å²) >= 11 is 0. The fourth-order valence-corrected chi connectivity index (χ4v) is 4.21. The van der Waals surface area contributed by atoms with E-state index in [2.05, 4.69) is 36.1 Å². The lowest BCUT2D eigenvalue weighted by Crippen LogP contribution is -2.37. The van der Waals surface area contributed by atoms with Crippen LogP contribution in [-0.4, -0.2) is 23.4 Å². The Morgan fingerprint density at radius 3 is 2.82 bits per heavy atom. The van der Waals surface area contributed by atoms with Gasteiger partial charge in [0.2, 0.25) is 5.91 Å². The predicted octanol–water partition coefficient (Wildman–Crippen LogP) is 3.43. The minimum Gasteiger partial charge on any atom is -0.336 e. The van der Waals surface area contributed by atoms with E-state index in [0.29, 0.717) is 18.2 Å². The highest BCUT2D eigenvalue weighted by atomic mass is 16.2. The van der Waals surface area contributed by atoms with Crippen LogP contribution >= 0.6 is 0 Å². The Labute approximate surface area is 133 Å². The van der Waals surface area contributed by atoms with Crippen LogP contribution in [-0.2, 0) is 11.2 Å². The Balaban J connectivity index is 1.74. The molecular formula is C19H28N2O. The van der Waals surface area contributed by atoms with Crippen molar-refractivity contribution < 1.29 is 4.79 Å². The van der Waals surface area contributed by atoms with Gasteiger partial charge in [-0.15, -0.1) is 0 Å². The van der Waals surface area contributed by atoms with Crippen molar-refractivity contribution in [3.8, 4) is 0 Å². The molecule has 1 amide bonds. The van der Waals surface area contributed by atoms with E-state index >= 15 is 0 Å². The molecule has 2 aliphatic rings. The van der Waals surface area contributed by atoms with Crippen molar-refractivity contribution in [1.29, 1.82) is 0 Å². The zero-order valence-corrected chi connectivity index (χ0v) is 13.6. The second kappa shape index (κ2) is 6.82. The maximum absolute atomic E-state index is 12.9. The maximum Gasteiger partial charge on any atom is 0.223 e. The molecule has 0 heterocycles. The number of hydrogen-bond donors (Lipinski definition) is 1. The van der Waals surface area contributed by atoms with E-state index in [1.54, 1.807) is 0 Å². The fraction of sp³-hybridized carbons (Fsp3) is 0.632. The van der Waals surface area contributed by atoms with Crippen molar-refractivity contribution in [3.05, 3.63) is 35.4 Å². The molecular weight excluding hydrogens is 272 g/mol. The van der Waals surface area contributed by atoms with E-state index in [0.717, 1.165) is 38.6 Å². The first-order chi connectivity index (χ1) is 10.7. The summed E-state index contributed by atoms with van der Waals surface area (Å²) in [6.07, 6.45) is 7.20. The molecule has 0 aliphatic heterocycles. The summed E-state index contributed by atoms with van der Waals surface area (Å²) in [5.41, 5.74) is 8.94. The average Bonchev–Trinajstić information content (AvgIpc) is 3.12. The molecule has 2 aliphatic carbocycles. The van der Waals surface area contributed by atoms with Gasteiger partial charge in [0.1, 0.15) is 0 Å². The smallest absolute Gasteiger partial charge is 0.223 e. The molecule has 3 rings (SSSR count). The summed E-state index contributed by atoms with van der Waals surface area (Å²) in [5, 5.41) is 0. The Bertz CT molecular complexity index is 528. The molecule has 1 aromatic carbocycles. The molecule has 1 aromatic rings. The van der Waals surface area contributed by atoms with Crippen LogP contribution in [0.4, 0.5) is 0 Å². The Morgan fingerprint density at radius 1 is 1.27 bits per heavy atom. The molecule has 1 fully saturated rings. The minimum absolute atomic E-state index is 0.225. The highest BCUT2D eigenvalue weighted by molar-refractivity contribution is 5.77. The van der Waals surface area contributed by atoms with Gasteiger partial charge in [-0.2, -0.15) is 0 Å². The van der Waals surface area contributed by atoms with Crippen molar-refractivity contribution in [1.82, 2.24) is 4.90 Å². The number of aryl methyl sites for hydroxylation is 1. The molecule has 3 nitrogen and oxygen atoms in total. The molecule has 22 heavy (non-hydrogen) atoms. The topological polar surface area (TPSA) is 46.3 Å². The molecule has 3 atom stereocenters. The Hall–Kier alpha value is -1.35. The molecule has 0 radical (unpaired) electrons. The van der Waals surface area contributed by atoms with Crippen molar-refractivity contribution >= 4 is 5.91 Å². The van der Waals surface area contributed by atoms with Gasteiger partial charge in [0.15, 0.2) is 0 Å². The fourth-order valence-electron chi connectivity index (χ4n) is 4.21. The molecule has 1 unspecified atom stereocenters. The third-order valence-corrected chi connectivity index (χ3v) is 5.42. The quantitative estimate of drug-likeness (QED) is 0.905. The SMILES string of the molecule is CCCN(C(=O)C[C@@H]1CCC[C@H]1N)C1CCc2ccccc21. The summed E-state index contributed by atoms with van der Waals surface area (Å²) in [5.74, 6) is 0.703. The average molecular weight is 300 g/mol. The summed E-state index contributed by atoms with van der Waals surface area (Å²) in [6, 6.07) is 9.11. The van der Waals surface area contributed by atoms with E-state index in [1.165, 1.54) is 17.5 Å². The van der Waals surface area contributed by atoms with Crippen molar-refractivity contribution in [2.24, 2.45) is 11.7 Å². The van der Waals surface area contributed by atoms with E-state index in [9.17, 15) is 4.79 Å². The van der Waals surface area contributed by atoms with Gasteiger partial charge < -0.3 is 10.6 Å². The van der Waals surface area contributed by atoms with Crippen LogP contribution in [0.15, 0.2) is 24.3 Å². The van der Waals surface area contributed by atoms with E-state index in [1.807, 2.05) is 0 Å². The zero-order valence-electron chi connectivity index (χ0n) is 13.6. The van der Waals surface area contributed by atoms with Gasteiger partial charge in [-0.1, -0.05) is 37.6 Å². The van der Waals surface area contributed by atoms with Gasteiger partial charge in [-0.3, -0.25) is 4.79 Å². The standard InChI is InChI=1S/C19H28N2O/c1-2-12-21(19(22)13-15-7-5-9-17(15)20)18-11-10-14-6-3-4-8-16(14)18/h3-4,6,8,15,17-18H,2,5,7,9-13,20H2,1H3/t15-,17+,18?/m0/s1. The first-order valence-electron chi connectivity index (χ1n) is 8.83. The number of carbonyl (C=O) groups is 1. The summed E-state index contributed by atoms with van der Waals surface area (Å²) in [4.78, 5) is 15.0. The van der Waals surface area contributed by atoms with Crippen LogP contribution in [0.5, 0.6) is 0 Å². The zero-order chi connectivity index (χ0) is 15.5. The third-order valence-electron chi connectivity index (χ3n) is 5.42. The molecule has 0 aromatic heterocycles. The van der Waals surface area contributed by atoms with Gasteiger partial charge in [0.05, 0.1) is 6.04 Å². The Kier molecular flexibility index (Phi) is 4.82. The number of hydrogen-bond acceptors (Lipinski definition) is 2. The van der Waals surface area contributed by atoms with Crippen LogP contribution in [0.1, 0.15) is 62.6 Å². The second-order valence-electron chi connectivity index (χ2n) is 6.90. The lowest BCUT2D eigenvalue weighted by molar-refractivity contribution is -0.134. The largest absolute Gasteiger partial charge is 0.336 e. The summed E-state index contributed by atoms with van der Waals surface area (Å²) in [6.45, 7) is 3.02. The first-order valence-corrected chi connectivity index (χ1v) is 8.83. The number of nitrogens with zero attached hydrogens (tertiary/aromatic N) is 1. The third kappa shape index (κ3) is 3.05. The van der Waals surface area contributed by atoms with Gasteiger partial charge in [-0.25, -0.2) is 0 Å². The van der Waals surface area contributed by atoms with Gasteiger partial charge >= 0.3 is 0 Å². The van der Waals surface area contributed by atoms with E-state index in [-0.39, 0.29) is 12.1 Å². The lowest BCUT2D eigenvalue weighted by Gasteiger charge is -2.31. The van der Waals surface area contributed by atoms with E-state index < -0.39 is 0 Å². The van der Waals surface area contributed by atoms with Gasteiger partial charge in [0.25, 0.3) is 0 Å². The molecule has 1 saturated carbocycles. The Morgan fingerprint density at radius 2 is 2.09 bits per heavy atom. The van der Waals surface area contributed by atoms with Crippen LogP contribution < -0.4 is 5.73 Å². The first kappa shape index (κ1) is 15.5. The normalized spacial score (nSPS) is 26.9. The number of benzene rings is 1. The molecule has 3 heteroatoms.